The average Bonchev–Trinajstić information content (AvgIpc) is 3.13. The van der Waals surface area contributed by atoms with Gasteiger partial charge >= 0.3 is 0 Å². The Kier molecular flexibility index (Phi) is 6.43. The molecule has 3 aromatic rings. The van der Waals surface area contributed by atoms with E-state index in [9.17, 15) is 9.59 Å². The summed E-state index contributed by atoms with van der Waals surface area (Å²) in [5.74, 6) is 0.107. The number of thioether (sulfide) groups is 2. The zero-order chi connectivity index (χ0) is 18.4. The van der Waals surface area contributed by atoms with Gasteiger partial charge < -0.3 is 5.73 Å². The second kappa shape index (κ2) is 8.98. The number of rotatable bonds is 8. The molecule has 2 N–H and O–H groups in total. The predicted octanol–water partition coefficient (Wildman–Crippen LogP) is 3.76. The molecular weight excluding hydrogens is 386 g/mol. The Labute approximate surface area is 163 Å². The number of ketones is 1. The molecule has 0 aliphatic carbocycles. The van der Waals surface area contributed by atoms with E-state index in [-0.39, 0.29) is 11.5 Å². The number of aromatic nitrogens is 2. The van der Waals surface area contributed by atoms with Crippen molar-refractivity contribution < 1.29 is 9.59 Å². The number of hydrogen-bond donors (Lipinski definition) is 1. The van der Waals surface area contributed by atoms with Crippen LogP contribution in [0, 0.1) is 0 Å². The molecule has 8 heteroatoms. The van der Waals surface area contributed by atoms with Gasteiger partial charge in [-0.05, 0) is 11.1 Å². The Morgan fingerprint density at radius 3 is 2.04 bits per heavy atom. The fraction of sp³-hybridized carbons (Fsp3) is 0.111. The van der Waals surface area contributed by atoms with Crippen molar-refractivity contribution in [2.45, 2.75) is 8.68 Å². The van der Waals surface area contributed by atoms with E-state index in [1.54, 1.807) is 0 Å². The Hall–Kier alpha value is -2.16. The summed E-state index contributed by atoms with van der Waals surface area (Å²) in [6.45, 7) is 0. The van der Waals surface area contributed by atoms with E-state index in [2.05, 4.69) is 10.2 Å². The van der Waals surface area contributed by atoms with Gasteiger partial charge in [0.2, 0.25) is 5.91 Å². The van der Waals surface area contributed by atoms with Crippen LogP contribution < -0.4 is 5.73 Å². The normalized spacial score (nSPS) is 10.6. The largest absolute Gasteiger partial charge is 0.369 e. The number of carbonyl (C=O) groups excluding carboxylic acids is 2. The van der Waals surface area contributed by atoms with Crippen LogP contribution in [0.5, 0.6) is 0 Å². The van der Waals surface area contributed by atoms with E-state index in [4.69, 9.17) is 5.73 Å². The summed E-state index contributed by atoms with van der Waals surface area (Å²) >= 11 is 3.95. The molecule has 5 nitrogen and oxygen atoms in total. The van der Waals surface area contributed by atoms with Crippen molar-refractivity contribution in [3.8, 4) is 11.1 Å². The first-order valence-electron chi connectivity index (χ1n) is 7.68. The molecule has 0 unspecified atom stereocenters. The van der Waals surface area contributed by atoms with Crippen LogP contribution in [0.15, 0.2) is 63.3 Å². The average molecular weight is 402 g/mol. The van der Waals surface area contributed by atoms with Crippen molar-refractivity contribution in [1.82, 2.24) is 10.2 Å². The lowest BCUT2D eigenvalue weighted by Gasteiger charge is -2.03. The van der Waals surface area contributed by atoms with Gasteiger partial charge in [-0.15, -0.1) is 10.2 Å². The third-order valence-corrected chi connectivity index (χ3v) is 6.58. The minimum Gasteiger partial charge on any atom is -0.369 e. The second-order valence-corrected chi connectivity index (χ2v) is 8.67. The summed E-state index contributed by atoms with van der Waals surface area (Å²) < 4.78 is 1.37. The molecule has 3 rings (SSSR count). The van der Waals surface area contributed by atoms with Crippen molar-refractivity contribution in [2.24, 2.45) is 5.73 Å². The Morgan fingerprint density at radius 1 is 0.846 bits per heavy atom. The number of benzene rings is 2. The molecule has 0 aliphatic heterocycles. The first-order chi connectivity index (χ1) is 12.6. The smallest absolute Gasteiger partial charge is 0.227 e. The number of carbonyl (C=O) groups is 2. The third-order valence-electron chi connectivity index (χ3n) is 3.37. The lowest BCUT2D eigenvalue weighted by atomic mass is 10.0. The number of hydrogen-bond acceptors (Lipinski definition) is 7. The Morgan fingerprint density at radius 2 is 1.42 bits per heavy atom. The summed E-state index contributed by atoms with van der Waals surface area (Å²) in [4.78, 5) is 23.1. The van der Waals surface area contributed by atoms with Gasteiger partial charge in [0.15, 0.2) is 14.5 Å². The molecule has 0 saturated heterocycles. The summed E-state index contributed by atoms with van der Waals surface area (Å²) in [6, 6.07) is 17.6. The van der Waals surface area contributed by atoms with Crippen LogP contribution in [-0.2, 0) is 4.79 Å². The maximum Gasteiger partial charge on any atom is 0.227 e. The number of amides is 1. The van der Waals surface area contributed by atoms with E-state index < -0.39 is 5.91 Å². The van der Waals surface area contributed by atoms with Crippen LogP contribution in [0.25, 0.3) is 11.1 Å². The van der Waals surface area contributed by atoms with E-state index in [0.717, 1.165) is 11.1 Å². The van der Waals surface area contributed by atoms with E-state index in [0.29, 0.717) is 20.0 Å². The highest BCUT2D eigenvalue weighted by atomic mass is 32.2. The van der Waals surface area contributed by atoms with Gasteiger partial charge in [-0.1, -0.05) is 89.5 Å². The first kappa shape index (κ1) is 18.6. The fourth-order valence-electron chi connectivity index (χ4n) is 2.14. The van der Waals surface area contributed by atoms with Crippen molar-refractivity contribution >= 4 is 46.6 Å². The van der Waals surface area contributed by atoms with Crippen molar-refractivity contribution in [2.75, 3.05) is 11.5 Å². The van der Waals surface area contributed by atoms with Crippen LogP contribution in [0.1, 0.15) is 10.4 Å². The van der Waals surface area contributed by atoms with E-state index in [1.807, 2.05) is 54.6 Å². The quantitative estimate of drug-likeness (QED) is 0.457. The monoisotopic (exact) mass is 401 g/mol. The molecule has 26 heavy (non-hydrogen) atoms. The molecule has 1 amide bonds. The van der Waals surface area contributed by atoms with Gasteiger partial charge in [-0.3, -0.25) is 9.59 Å². The zero-order valence-corrected chi connectivity index (χ0v) is 16.1. The Balaban J connectivity index is 1.56. The topological polar surface area (TPSA) is 85.9 Å². The Bertz CT molecular complexity index is 896. The SMILES string of the molecule is NC(=O)CSc1nnc(SCC(=O)c2ccc(-c3ccccc3)cc2)s1. The highest BCUT2D eigenvalue weighted by molar-refractivity contribution is 8.03. The van der Waals surface area contributed by atoms with Crippen molar-refractivity contribution in [1.29, 1.82) is 0 Å². The third kappa shape index (κ3) is 5.17. The molecule has 0 spiro atoms. The molecule has 0 radical (unpaired) electrons. The molecule has 1 heterocycles. The molecule has 0 saturated carbocycles. The van der Waals surface area contributed by atoms with Gasteiger partial charge in [-0.25, -0.2) is 0 Å². The molecule has 1 aromatic heterocycles. The summed E-state index contributed by atoms with van der Waals surface area (Å²) in [5, 5.41) is 8.00. The summed E-state index contributed by atoms with van der Waals surface area (Å²) in [7, 11) is 0. The minimum atomic E-state index is -0.395. The van der Waals surface area contributed by atoms with Gasteiger partial charge in [0.25, 0.3) is 0 Å². The fourth-order valence-corrected chi connectivity index (χ4v) is 4.79. The highest BCUT2D eigenvalue weighted by Crippen LogP contribution is 2.29. The number of primary amides is 1. The molecule has 0 fully saturated rings. The van der Waals surface area contributed by atoms with Gasteiger partial charge in [0, 0.05) is 5.56 Å². The van der Waals surface area contributed by atoms with Crippen LogP contribution >= 0.6 is 34.9 Å². The van der Waals surface area contributed by atoms with Gasteiger partial charge in [-0.2, -0.15) is 0 Å². The molecule has 132 valence electrons. The molecule has 0 bridgehead atoms. The predicted molar refractivity (Wildman–Crippen MR) is 107 cm³/mol. The number of Topliss-reactive ketones (excluding diaryl/α,β-unsaturated/α-hetero) is 1. The van der Waals surface area contributed by atoms with Crippen molar-refractivity contribution in [3.05, 3.63) is 60.2 Å². The van der Waals surface area contributed by atoms with Crippen LogP contribution in [0.3, 0.4) is 0 Å². The van der Waals surface area contributed by atoms with Gasteiger partial charge in [0.05, 0.1) is 11.5 Å². The maximum absolute atomic E-state index is 12.4. The van der Waals surface area contributed by atoms with Crippen molar-refractivity contribution in [3.63, 3.8) is 0 Å². The second-order valence-electron chi connectivity index (χ2n) is 5.24. The highest BCUT2D eigenvalue weighted by Gasteiger charge is 2.11. The van der Waals surface area contributed by atoms with Gasteiger partial charge in [0.1, 0.15) is 0 Å². The van der Waals surface area contributed by atoms with E-state index >= 15 is 0 Å². The van der Waals surface area contributed by atoms with Crippen LogP contribution in [0.4, 0.5) is 0 Å². The minimum absolute atomic E-state index is 0.0381. The summed E-state index contributed by atoms with van der Waals surface area (Å²) in [5.41, 5.74) is 7.98. The standard InChI is InChI=1S/C18H15N3O2S3/c19-16(23)11-25-18-21-20-17(26-18)24-10-15(22)14-8-6-13(7-9-14)12-4-2-1-3-5-12/h1-9H,10-11H2,(H2,19,23). The molecule has 0 atom stereocenters. The summed E-state index contributed by atoms with van der Waals surface area (Å²) in [6.07, 6.45) is 0. The molecule has 2 aromatic carbocycles. The lowest BCUT2D eigenvalue weighted by molar-refractivity contribution is -0.115. The molecule has 0 aliphatic rings. The lowest BCUT2D eigenvalue weighted by Crippen LogP contribution is -2.12. The van der Waals surface area contributed by atoms with Crippen LogP contribution in [0.2, 0.25) is 0 Å². The van der Waals surface area contributed by atoms with E-state index in [1.165, 1.54) is 34.9 Å². The number of nitrogens with two attached hydrogens (primary N) is 1. The number of nitrogens with zero attached hydrogens (tertiary/aromatic N) is 2. The molecular formula is C18H15N3O2S3. The van der Waals surface area contributed by atoms with Crippen LogP contribution in [-0.4, -0.2) is 33.4 Å². The first-order valence-corrected chi connectivity index (χ1v) is 10.5. The maximum atomic E-state index is 12.4. The zero-order valence-electron chi connectivity index (χ0n) is 13.6.